The molecule has 0 rings (SSSR count). The highest BCUT2D eigenvalue weighted by Crippen LogP contribution is 2.28. The molecular weight excluding hydrogens is 148 g/mol. The molecule has 0 amide bonds. The molecule has 0 spiro atoms. The quantitative estimate of drug-likeness (QED) is 0.595. The van der Waals surface area contributed by atoms with Crippen LogP contribution in [0.1, 0.15) is 59.8 Å². The number of carbonyl (C=O) groups excluding carboxylic acids is 1. The maximum Gasteiger partial charge on any atom is 0.129 e. The molecule has 0 N–H and O–H groups in total. The van der Waals surface area contributed by atoms with Crippen LogP contribution in [0.3, 0.4) is 0 Å². The van der Waals surface area contributed by atoms with Gasteiger partial charge in [0.05, 0.1) is 0 Å². The largest absolute Gasteiger partial charge is 0.300 e. The Kier molecular flexibility index (Phi) is 5.19. The summed E-state index contributed by atoms with van der Waals surface area (Å²) in [6.45, 7) is 8.47. The minimum Gasteiger partial charge on any atom is -0.300 e. The van der Waals surface area contributed by atoms with Gasteiger partial charge in [-0.2, -0.15) is 0 Å². The van der Waals surface area contributed by atoms with Crippen molar-refractivity contribution in [2.45, 2.75) is 59.8 Å². The second kappa shape index (κ2) is 5.34. The van der Waals surface area contributed by atoms with E-state index in [0.29, 0.717) is 11.2 Å². The topological polar surface area (TPSA) is 17.1 Å². The van der Waals surface area contributed by atoms with Gasteiger partial charge in [-0.1, -0.05) is 27.2 Å². The van der Waals surface area contributed by atoms with Gasteiger partial charge in [-0.3, -0.25) is 0 Å². The van der Waals surface area contributed by atoms with Gasteiger partial charge in [-0.15, -0.1) is 0 Å². The van der Waals surface area contributed by atoms with Crippen LogP contribution < -0.4 is 0 Å². The van der Waals surface area contributed by atoms with Gasteiger partial charge in [0.15, 0.2) is 0 Å². The van der Waals surface area contributed by atoms with Crippen molar-refractivity contribution in [2.24, 2.45) is 5.41 Å². The minimum atomic E-state index is 0.322. The highest BCUT2D eigenvalue weighted by molar-refractivity contribution is 5.75. The Hall–Kier alpha value is -0.330. The molecule has 0 heterocycles. The zero-order chi connectivity index (χ0) is 9.61. The van der Waals surface area contributed by atoms with Crippen molar-refractivity contribution in [3.63, 3.8) is 0 Å². The van der Waals surface area contributed by atoms with Crippen LogP contribution >= 0.6 is 0 Å². The third-order valence-corrected chi connectivity index (χ3v) is 2.31. The molecule has 72 valence electrons. The molecule has 0 aliphatic heterocycles. The zero-order valence-corrected chi connectivity index (χ0v) is 8.94. The van der Waals surface area contributed by atoms with Crippen molar-refractivity contribution in [1.29, 1.82) is 0 Å². The van der Waals surface area contributed by atoms with Gasteiger partial charge >= 0.3 is 0 Å². The van der Waals surface area contributed by atoms with Crippen LogP contribution in [-0.4, -0.2) is 5.78 Å². The molecule has 0 unspecified atom stereocenters. The van der Waals surface area contributed by atoms with Gasteiger partial charge in [0.1, 0.15) is 5.78 Å². The van der Waals surface area contributed by atoms with Crippen molar-refractivity contribution in [3.8, 4) is 0 Å². The van der Waals surface area contributed by atoms with E-state index in [0.717, 1.165) is 12.8 Å². The summed E-state index contributed by atoms with van der Waals surface area (Å²) >= 11 is 0. The van der Waals surface area contributed by atoms with Crippen LogP contribution in [0.25, 0.3) is 0 Å². The predicted octanol–water partition coefficient (Wildman–Crippen LogP) is 3.57. The Morgan fingerprint density at radius 2 is 1.83 bits per heavy atom. The molecule has 0 saturated carbocycles. The van der Waals surface area contributed by atoms with Gasteiger partial charge in [0.2, 0.25) is 0 Å². The summed E-state index contributed by atoms with van der Waals surface area (Å²) in [4.78, 5) is 10.7. The smallest absolute Gasteiger partial charge is 0.129 e. The number of ketones is 1. The van der Waals surface area contributed by atoms with Crippen molar-refractivity contribution < 1.29 is 4.79 Å². The first-order valence-electron chi connectivity index (χ1n) is 4.97. The Labute approximate surface area is 76.6 Å². The van der Waals surface area contributed by atoms with E-state index in [2.05, 4.69) is 20.8 Å². The lowest BCUT2D eigenvalue weighted by Gasteiger charge is -2.23. The standard InChI is InChI=1S/C11H22O/c1-5-8-11(3,4)9-6-7-10(2)12/h5-9H2,1-4H3. The number of carbonyl (C=O) groups is 1. The Morgan fingerprint density at radius 1 is 1.25 bits per heavy atom. The summed E-state index contributed by atoms with van der Waals surface area (Å²) in [7, 11) is 0. The average molecular weight is 170 g/mol. The third kappa shape index (κ3) is 6.38. The first kappa shape index (κ1) is 11.7. The monoisotopic (exact) mass is 170 g/mol. The van der Waals surface area contributed by atoms with Crippen molar-refractivity contribution in [3.05, 3.63) is 0 Å². The molecule has 0 radical (unpaired) electrons. The predicted molar refractivity (Wildman–Crippen MR) is 53.2 cm³/mol. The van der Waals surface area contributed by atoms with Crippen LogP contribution in [0.4, 0.5) is 0 Å². The third-order valence-electron chi connectivity index (χ3n) is 2.31. The molecular formula is C11H22O. The molecule has 0 aliphatic carbocycles. The van der Waals surface area contributed by atoms with Gasteiger partial charge in [-0.25, -0.2) is 0 Å². The average Bonchev–Trinajstić information content (AvgIpc) is 1.85. The van der Waals surface area contributed by atoms with Crippen LogP contribution in [0.15, 0.2) is 0 Å². The van der Waals surface area contributed by atoms with Crippen molar-refractivity contribution in [2.75, 3.05) is 0 Å². The fraction of sp³-hybridized carbons (Fsp3) is 0.909. The van der Waals surface area contributed by atoms with E-state index >= 15 is 0 Å². The lowest BCUT2D eigenvalue weighted by atomic mass is 9.83. The second-order valence-electron chi connectivity index (χ2n) is 4.47. The van der Waals surface area contributed by atoms with E-state index in [1.807, 2.05) is 0 Å². The Bertz CT molecular complexity index is 136. The normalized spacial score (nSPS) is 11.7. The molecule has 0 atom stereocenters. The van der Waals surface area contributed by atoms with E-state index in [4.69, 9.17) is 0 Å². The fourth-order valence-corrected chi connectivity index (χ4v) is 1.62. The second-order valence-corrected chi connectivity index (χ2v) is 4.47. The van der Waals surface area contributed by atoms with Crippen LogP contribution in [0.2, 0.25) is 0 Å². The molecule has 0 aromatic carbocycles. The van der Waals surface area contributed by atoms with Crippen LogP contribution in [0, 0.1) is 5.41 Å². The lowest BCUT2D eigenvalue weighted by Crippen LogP contribution is -2.10. The Balaban J connectivity index is 3.53. The minimum absolute atomic E-state index is 0.322. The van der Waals surface area contributed by atoms with Crippen molar-refractivity contribution >= 4 is 5.78 Å². The lowest BCUT2D eigenvalue weighted by molar-refractivity contribution is -0.117. The molecule has 0 saturated heterocycles. The van der Waals surface area contributed by atoms with Gasteiger partial charge in [0.25, 0.3) is 0 Å². The number of Topliss-reactive ketones (excluding diaryl/α,β-unsaturated/α-hetero) is 1. The number of hydrogen-bond donors (Lipinski definition) is 0. The molecule has 1 heteroatoms. The molecule has 1 nitrogen and oxygen atoms in total. The van der Waals surface area contributed by atoms with Crippen LogP contribution in [0.5, 0.6) is 0 Å². The van der Waals surface area contributed by atoms with Crippen molar-refractivity contribution in [1.82, 2.24) is 0 Å². The summed E-state index contributed by atoms with van der Waals surface area (Å²) in [6.07, 6.45) is 5.51. The molecule has 12 heavy (non-hydrogen) atoms. The molecule has 0 aromatic rings. The fourth-order valence-electron chi connectivity index (χ4n) is 1.62. The molecule has 0 aliphatic rings. The zero-order valence-electron chi connectivity index (χ0n) is 8.94. The van der Waals surface area contributed by atoms with Gasteiger partial charge < -0.3 is 4.79 Å². The first-order chi connectivity index (χ1) is 5.48. The first-order valence-corrected chi connectivity index (χ1v) is 4.97. The van der Waals surface area contributed by atoms with Gasteiger partial charge in [0, 0.05) is 6.42 Å². The molecule has 0 aromatic heterocycles. The van der Waals surface area contributed by atoms with E-state index in [9.17, 15) is 4.79 Å². The van der Waals surface area contributed by atoms with E-state index in [1.165, 1.54) is 19.3 Å². The summed E-state index contributed by atoms with van der Waals surface area (Å²) in [5.74, 6) is 0.322. The van der Waals surface area contributed by atoms with Crippen LogP contribution in [-0.2, 0) is 4.79 Å². The van der Waals surface area contributed by atoms with E-state index in [-0.39, 0.29) is 0 Å². The maximum absolute atomic E-state index is 10.7. The number of rotatable bonds is 6. The SMILES string of the molecule is CCCC(C)(C)CCCC(C)=O. The highest BCUT2D eigenvalue weighted by atomic mass is 16.1. The van der Waals surface area contributed by atoms with Gasteiger partial charge in [-0.05, 0) is 31.6 Å². The maximum atomic E-state index is 10.7. The Morgan fingerprint density at radius 3 is 2.25 bits per heavy atom. The van der Waals surface area contributed by atoms with E-state index < -0.39 is 0 Å². The summed E-state index contributed by atoms with van der Waals surface area (Å²) in [6, 6.07) is 0. The van der Waals surface area contributed by atoms with E-state index in [1.54, 1.807) is 6.92 Å². The number of hydrogen-bond acceptors (Lipinski definition) is 1. The summed E-state index contributed by atoms with van der Waals surface area (Å²) in [5.41, 5.74) is 0.435. The molecule has 0 bridgehead atoms. The molecule has 0 fully saturated rings. The summed E-state index contributed by atoms with van der Waals surface area (Å²) in [5, 5.41) is 0. The highest BCUT2D eigenvalue weighted by Gasteiger charge is 2.15. The summed E-state index contributed by atoms with van der Waals surface area (Å²) < 4.78 is 0.